The molecule has 1 N–H and O–H groups in total. The second kappa shape index (κ2) is 5.88. The Bertz CT molecular complexity index is 489. The molecule has 0 aromatic rings. The van der Waals surface area contributed by atoms with Crippen LogP contribution >= 0.6 is 0 Å². The molecule has 1 atom stereocenters. The van der Waals surface area contributed by atoms with Crippen LogP contribution in [0.2, 0.25) is 0 Å². The van der Waals surface area contributed by atoms with Crippen molar-refractivity contribution in [3.63, 3.8) is 0 Å². The summed E-state index contributed by atoms with van der Waals surface area (Å²) in [6.07, 6.45) is 6.93. The Labute approximate surface area is 127 Å². The fourth-order valence-corrected chi connectivity index (χ4v) is 6.14. The van der Waals surface area contributed by atoms with Gasteiger partial charge in [0.1, 0.15) is 0 Å². The SMILES string of the molecule is O=C(CC1CCS(=O)(=O)C1)N1CCNCC12CCCCC2. The fourth-order valence-electron chi connectivity index (χ4n) is 4.28. The van der Waals surface area contributed by atoms with Crippen LogP contribution < -0.4 is 5.32 Å². The third kappa shape index (κ3) is 3.26. The summed E-state index contributed by atoms with van der Waals surface area (Å²) in [6, 6.07) is 0. The molecule has 2 saturated heterocycles. The van der Waals surface area contributed by atoms with Crippen LogP contribution in [0.15, 0.2) is 0 Å². The molecule has 1 unspecified atom stereocenters. The van der Waals surface area contributed by atoms with Gasteiger partial charge in [0.05, 0.1) is 17.0 Å². The molecule has 0 aromatic heterocycles. The molecule has 21 heavy (non-hydrogen) atoms. The van der Waals surface area contributed by atoms with Crippen molar-refractivity contribution in [3.8, 4) is 0 Å². The van der Waals surface area contributed by atoms with Crippen LogP contribution in [0.25, 0.3) is 0 Å². The number of hydrogen-bond acceptors (Lipinski definition) is 4. The van der Waals surface area contributed by atoms with Crippen LogP contribution in [0.1, 0.15) is 44.9 Å². The second-order valence-corrected chi connectivity index (χ2v) is 9.21. The first-order valence-corrected chi connectivity index (χ1v) is 10.0. The van der Waals surface area contributed by atoms with Crippen molar-refractivity contribution < 1.29 is 13.2 Å². The standard InChI is InChI=1S/C15H26N2O3S/c18-14(10-13-4-9-21(19,20)11-13)17-8-7-16-12-15(17)5-2-1-3-6-15/h13,16H,1-12H2. The van der Waals surface area contributed by atoms with Crippen molar-refractivity contribution in [1.29, 1.82) is 0 Å². The molecule has 3 fully saturated rings. The highest BCUT2D eigenvalue weighted by Crippen LogP contribution is 2.35. The third-order valence-corrected chi connectivity index (χ3v) is 7.25. The highest BCUT2D eigenvalue weighted by molar-refractivity contribution is 7.91. The maximum Gasteiger partial charge on any atom is 0.223 e. The number of carbonyl (C=O) groups is 1. The van der Waals surface area contributed by atoms with Gasteiger partial charge in [-0.15, -0.1) is 0 Å². The Morgan fingerprint density at radius 1 is 1.24 bits per heavy atom. The van der Waals surface area contributed by atoms with Crippen LogP contribution in [-0.4, -0.2) is 55.9 Å². The second-order valence-electron chi connectivity index (χ2n) is 6.98. The molecule has 0 aromatic carbocycles. The van der Waals surface area contributed by atoms with E-state index in [9.17, 15) is 13.2 Å². The minimum Gasteiger partial charge on any atom is -0.334 e. The molecular formula is C15H26N2O3S. The predicted molar refractivity (Wildman–Crippen MR) is 81.8 cm³/mol. The molecule has 1 amide bonds. The van der Waals surface area contributed by atoms with Crippen molar-refractivity contribution in [1.82, 2.24) is 10.2 Å². The van der Waals surface area contributed by atoms with E-state index in [1.807, 2.05) is 0 Å². The van der Waals surface area contributed by atoms with Crippen LogP contribution in [-0.2, 0) is 14.6 Å². The van der Waals surface area contributed by atoms with Gasteiger partial charge >= 0.3 is 0 Å². The minimum absolute atomic E-state index is 0.00502. The van der Waals surface area contributed by atoms with E-state index < -0.39 is 9.84 Å². The molecule has 5 nitrogen and oxygen atoms in total. The number of hydrogen-bond donors (Lipinski definition) is 1. The van der Waals surface area contributed by atoms with Crippen LogP contribution in [0, 0.1) is 5.92 Å². The van der Waals surface area contributed by atoms with E-state index in [-0.39, 0.29) is 28.9 Å². The van der Waals surface area contributed by atoms with Gasteiger partial charge in [0.2, 0.25) is 5.91 Å². The topological polar surface area (TPSA) is 66.5 Å². The first kappa shape index (κ1) is 15.3. The monoisotopic (exact) mass is 314 g/mol. The Morgan fingerprint density at radius 2 is 2.00 bits per heavy atom. The normalized spacial score (nSPS) is 31.4. The van der Waals surface area contributed by atoms with Gasteiger partial charge < -0.3 is 10.2 Å². The zero-order chi connectivity index (χ0) is 14.9. The molecule has 2 aliphatic heterocycles. The van der Waals surface area contributed by atoms with E-state index in [4.69, 9.17) is 0 Å². The van der Waals surface area contributed by atoms with Crippen molar-refractivity contribution in [2.24, 2.45) is 5.92 Å². The van der Waals surface area contributed by atoms with Gasteiger partial charge in [-0.25, -0.2) is 8.42 Å². The lowest BCUT2D eigenvalue weighted by Gasteiger charge is -2.50. The largest absolute Gasteiger partial charge is 0.334 e. The van der Waals surface area contributed by atoms with Crippen molar-refractivity contribution in [3.05, 3.63) is 0 Å². The average molecular weight is 314 g/mol. The molecule has 1 spiro atoms. The Hall–Kier alpha value is -0.620. The van der Waals surface area contributed by atoms with Gasteiger partial charge in [-0.2, -0.15) is 0 Å². The van der Waals surface area contributed by atoms with Crippen LogP contribution in [0.3, 0.4) is 0 Å². The Morgan fingerprint density at radius 3 is 2.67 bits per heavy atom. The molecule has 3 rings (SSSR count). The first-order chi connectivity index (χ1) is 10.0. The molecular weight excluding hydrogens is 288 g/mol. The molecule has 1 aliphatic carbocycles. The zero-order valence-electron chi connectivity index (χ0n) is 12.6. The lowest BCUT2D eigenvalue weighted by Crippen LogP contribution is -2.63. The number of rotatable bonds is 2. The summed E-state index contributed by atoms with van der Waals surface area (Å²) >= 11 is 0. The summed E-state index contributed by atoms with van der Waals surface area (Å²) in [5.74, 6) is 0.689. The quantitative estimate of drug-likeness (QED) is 0.824. The fraction of sp³-hybridized carbons (Fsp3) is 0.933. The summed E-state index contributed by atoms with van der Waals surface area (Å²) < 4.78 is 23.1. The van der Waals surface area contributed by atoms with E-state index in [0.717, 1.165) is 32.5 Å². The van der Waals surface area contributed by atoms with E-state index >= 15 is 0 Å². The van der Waals surface area contributed by atoms with Gasteiger partial charge in [0, 0.05) is 26.1 Å². The lowest BCUT2D eigenvalue weighted by atomic mass is 9.78. The van der Waals surface area contributed by atoms with Gasteiger partial charge in [-0.05, 0) is 25.2 Å². The first-order valence-electron chi connectivity index (χ1n) is 8.22. The molecule has 120 valence electrons. The molecule has 0 radical (unpaired) electrons. The number of carbonyl (C=O) groups excluding carboxylic acids is 1. The smallest absolute Gasteiger partial charge is 0.223 e. The van der Waals surface area contributed by atoms with E-state index in [0.29, 0.717) is 12.8 Å². The lowest BCUT2D eigenvalue weighted by molar-refractivity contribution is -0.141. The summed E-state index contributed by atoms with van der Waals surface area (Å²) in [5, 5.41) is 3.45. The van der Waals surface area contributed by atoms with Gasteiger partial charge in [0.15, 0.2) is 9.84 Å². The average Bonchev–Trinajstić information content (AvgIpc) is 2.79. The predicted octanol–water partition coefficient (Wildman–Crippen LogP) is 0.946. The number of amides is 1. The van der Waals surface area contributed by atoms with Gasteiger partial charge in [-0.1, -0.05) is 19.3 Å². The molecule has 0 bridgehead atoms. The van der Waals surface area contributed by atoms with Crippen LogP contribution in [0.5, 0.6) is 0 Å². The molecule has 6 heteroatoms. The highest BCUT2D eigenvalue weighted by atomic mass is 32.2. The number of sulfone groups is 1. The number of nitrogens with one attached hydrogen (secondary N) is 1. The maximum absolute atomic E-state index is 12.7. The van der Waals surface area contributed by atoms with Crippen LogP contribution in [0.4, 0.5) is 0 Å². The molecule has 3 aliphatic rings. The summed E-state index contributed by atoms with van der Waals surface area (Å²) in [5.41, 5.74) is 0.00502. The van der Waals surface area contributed by atoms with Crippen molar-refractivity contribution in [2.45, 2.75) is 50.5 Å². The van der Waals surface area contributed by atoms with Crippen molar-refractivity contribution in [2.75, 3.05) is 31.1 Å². The third-order valence-electron chi connectivity index (χ3n) is 5.41. The summed E-state index contributed by atoms with van der Waals surface area (Å²) in [6.45, 7) is 2.54. The summed E-state index contributed by atoms with van der Waals surface area (Å²) in [7, 11) is -2.89. The van der Waals surface area contributed by atoms with E-state index in [2.05, 4.69) is 10.2 Å². The maximum atomic E-state index is 12.7. The van der Waals surface area contributed by atoms with Crippen molar-refractivity contribution >= 4 is 15.7 Å². The highest BCUT2D eigenvalue weighted by Gasteiger charge is 2.43. The minimum atomic E-state index is -2.89. The summed E-state index contributed by atoms with van der Waals surface area (Å²) in [4.78, 5) is 14.8. The van der Waals surface area contributed by atoms with Gasteiger partial charge in [0.25, 0.3) is 0 Å². The van der Waals surface area contributed by atoms with E-state index in [1.54, 1.807) is 0 Å². The van der Waals surface area contributed by atoms with Gasteiger partial charge in [-0.3, -0.25) is 4.79 Å². The molecule has 2 heterocycles. The molecule has 1 saturated carbocycles. The Balaban J connectivity index is 1.67. The van der Waals surface area contributed by atoms with E-state index in [1.165, 1.54) is 19.3 Å². The number of nitrogens with zero attached hydrogens (tertiary/aromatic N) is 1. The Kier molecular flexibility index (Phi) is 4.28. The number of piperazine rings is 1. The zero-order valence-corrected chi connectivity index (χ0v) is 13.5.